The number of piperazine rings is 1. The van der Waals surface area contributed by atoms with Gasteiger partial charge in [-0.25, -0.2) is 14.4 Å². The second-order valence-corrected chi connectivity index (χ2v) is 8.98. The molecule has 0 N–H and O–H groups in total. The van der Waals surface area contributed by atoms with E-state index in [9.17, 15) is 4.39 Å². The summed E-state index contributed by atoms with van der Waals surface area (Å²) in [7, 11) is 0. The van der Waals surface area contributed by atoms with Gasteiger partial charge in [0.15, 0.2) is 5.65 Å². The summed E-state index contributed by atoms with van der Waals surface area (Å²) in [6, 6.07) is 24.7. The van der Waals surface area contributed by atoms with Crippen LogP contribution < -0.4 is 9.80 Å². The molecule has 2 aromatic heterocycles. The zero-order chi connectivity index (χ0) is 23.8. The molecule has 6 rings (SSSR count). The van der Waals surface area contributed by atoms with Gasteiger partial charge in [-0.15, -0.1) is 0 Å². The van der Waals surface area contributed by atoms with Crippen LogP contribution in [0, 0.1) is 5.82 Å². The third-order valence-corrected chi connectivity index (χ3v) is 6.84. The minimum Gasteiger partial charge on any atom is -0.367 e. The molecule has 0 spiro atoms. The van der Waals surface area contributed by atoms with Crippen LogP contribution in [0.1, 0.15) is 0 Å². The molecule has 1 aliphatic heterocycles. The Bertz CT molecular complexity index is 1480. The van der Waals surface area contributed by atoms with Crippen LogP contribution in [0.15, 0.2) is 91.4 Å². The third kappa shape index (κ3) is 4.00. The molecule has 0 aliphatic carbocycles. The van der Waals surface area contributed by atoms with Gasteiger partial charge in [0, 0.05) is 43.6 Å². The van der Waals surface area contributed by atoms with Gasteiger partial charge < -0.3 is 14.4 Å². The second-order valence-electron chi connectivity index (χ2n) is 8.58. The van der Waals surface area contributed by atoms with E-state index in [-0.39, 0.29) is 5.82 Å². The highest BCUT2D eigenvalue weighted by molar-refractivity contribution is 6.33. The van der Waals surface area contributed by atoms with E-state index in [4.69, 9.17) is 16.6 Å². The summed E-state index contributed by atoms with van der Waals surface area (Å²) >= 11 is 6.45. The monoisotopic (exact) mass is 483 g/mol. The van der Waals surface area contributed by atoms with Gasteiger partial charge in [0.05, 0.1) is 16.1 Å². The molecule has 0 bridgehead atoms. The number of hydrogen-bond acceptors (Lipinski definition) is 4. The summed E-state index contributed by atoms with van der Waals surface area (Å²) in [5, 5.41) is 1.77. The van der Waals surface area contributed by atoms with Gasteiger partial charge in [0.2, 0.25) is 0 Å². The van der Waals surface area contributed by atoms with Crippen LogP contribution in [0.4, 0.5) is 15.9 Å². The van der Waals surface area contributed by atoms with Crippen molar-refractivity contribution in [2.24, 2.45) is 0 Å². The molecule has 7 heteroatoms. The Morgan fingerprint density at radius 1 is 0.743 bits per heavy atom. The number of anilines is 2. The van der Waals surface area contributed by atoms with E-state index in [0.717, 1.165) is 70.6 Å². The van der Waals surface area contributed by atoms with Gasteiger partial charge in [0.1, 0.15) is 18.0 Å². The molecule has 3 aromatic carbocycles. The third-order valence-electron chi connectivity index (χ3n) is 6.52. The predicted octanol–water partition coefficient (Wildman–Crippen LogP) is 6.21. The van der Waals surface area contributed by atoms with Gasteiger partial charge in [-0.1, -0.05) is 54.1 Å². The average molecular weight is 484 g/mol. The largest absolute Gasteiger partial charge is 0.367 e. The summed E-state index contributed by atoms with van der Waals surface area (Å²) in [5.74, 6) is 0.647. The smallest absolute Gasteiger partial charge is 0.150 e. The number of rotatable bonds is 4. The Hall–Kier alpha value is -3.90. The van der Waals surface area contributed by atoms with Crippen LogP contribution in [-0.4, -0.2) is 40.7 Å². The summed E-state index contributed by atoms with van der Waals surface area (Å²) < 4.78 is 15.6. The average Bonchev–Trinajstić information content (AvgIpc) is 3.30. The van der Waals surface area contributed by atoms with Crippen LogP contribution in [0.25, 0.3) is 27.8 Å². The highest BCUT2D eigenvalue weighted by Gasteiger charge is 2.24. The highest BCUT2D eigenvalue weighted by atomic mass is 35.5. The van der Waals surface area contributed by atoms with Crippen LogP contribution in [0.3, 0.4) is 0 Å². The lowest BCUT2D eigenvalue weighted by atomic mass is 10.1. The van der Waals surface area contributed by atoms with Crippen LogP contribution >= 0.6 is 11.6 Å². The van der Waals surface area contributed by atoms with Crippen molar-refractivity contribution in [3.63, 3.8) is 0 Å². The van der Waals surface area contributed by atoms with E-state index >= 15 is 0 Å². The number of aromatic nitrogens is 3. The van der Waals surface area contributed by atoms with Crippen molar-refractivity contribution in [1.82, 2.24) is 14.5 Å². The lowest BCUT2D eigenvalue weighted by molar-refractivity contribution is 0.627. The van der Waals surface area contributed by atoms with Gasteiger partial charge in [-0.3, -0.25) is 0 Å². The summed E-state index contributed by atoms with van der Waals surface area (Å²) in [6.45, 7) is 3.31. The number of halogens is 2. The summed E-state index contributed by atoms with van der Waals surface area (Å²) in [5.41, 5.74) is 4.85. The molecule has 5 aromatic rings. The lowest BCUT2D eigenvalue weighted by Crippen LogP contribution is -2.47. The fourth-order valence-electron chi connectivity index (χ4n) is 4.79. The molecule has 0 atom stereocenters. The fourth-order valence-corrected chi connectivity index (χ4v) is 5.04. The minimum absolute atomic E-state index is 0.264. The first-order valence-corrected chi connectivity index (χ1v) is 12.0. The van der Waals surface area contributed by atoms with Crippen molar-refractivity contribution in [3.8, 4) is 16.8 Å². The Morgan fingerprint density at radius 3 is 2.17 bits per heavy atom. The molecule has 3 heterocycles. The molecule has 174 valence electrons. The summed E-state index contributed by atoms with van der Waals surface area (Å²) in [6.07, 6.45) is 3.69. The molecule has 1 fully saturated rings. The van der Waals surface area contributed by atoms with Crippen LogP contribution in [0.2, 0.25) is 5.02 Å². The SMILES string of the molecule is Fc1ccc(-n2cc(-c3ccccc3)c3c(N4CCN(c5ccccc5Cl)CC4)ncnc32)cc1. The summed E-state index contributed by atoms with van der Waals surface area (Å²) in [4.78, 5) is 14.0. The predicted molar refractivity (Wildman–Crippen MR) is 140 cm³/mol. The standard InChI is InChI=1S/C28H23ClFN5/c29-24-8-4-5-9-25(24)33-14-16-34(17-15-33)27-26-23(20-6-2-1-3-7-20)18-35(28(26)32-19-31-27)22-12-10-21(30)11-13-22/h1-13,18-19H,14-17H2. The van der Waals surface area contributed by atoms with E-state index in [1.54, 1.807) is 18.5 Å². The molecule has 1 aliphatic rings. The Morgan fingerprint density at radius 2 is 1.43 bits per heavy atom. The molecular formula is C28H23ClFN5. The zero-order valence-electron chi connectivity index (χ0n) is 19.0. The quantitative estimate of drug-likeness (QED) is 0.304. The Balaban J connectivity index is 1.43. The van der Waals surface area contributed by atoms with Crippen molar-refractivity contribution < 1.29 is 4.39 Å². The number of fused-ring (bicyclic) bond motifs is 1. The normalized spacial score (nSPS) is 14.0. The first-order valence-electron chi connectivity index (χ1n) is 11.6. The molecule has 5 nitrogen and oxygen atoms in total. The van der Waals surface area contributed by atoms with E-state index in [0.29, 0.717) is 0 Å². The van der Waals surface area contributed by atoms with Crippen molar-refractivity contribution in [2.75, 3.05) is 36.0 Å². The maximum absolute atomic E-state index is 13.6. The Labute approximate surface area is 208 Å². The molecule has 1 saturated heterocycles. The number of hydrogen-bond donors (Lipinski definition) is 0. The number of para-hydroxylation sites is 1. The van der Waals surface area contributed by atoms with Gasteiger partial charge >= 0.3 is 0 Å². The van der Waals surface area contributed by atoms with Gasteiger partial charge in [0.25, 0.3) is 0 Å². The minimum atomic E-state index is -0.264. The molecule has 0 amide bonds. The second kappa shape index (κ2) is 9.04. The van der Waals surface area contributed by atoms with Crippen LogP contribution in [0.5, 0.6) is 0 Å². The zero-order valence-corrected chi connectivity index (χ0v) is 19.7. The van der Waals surface area contributed by atoms with Crippen molar-refractivity contribution in [3.05, 3.63) is 102 Å². The van der Waals surface area contributed by atoms with E-state index in [2.05, 4.69) is 39.2 Å². The maximum atomic E-state index is 13.6. The first kappa shape index (κ1) is 21.6. The highest BCUT2D eigenvalue weighted by Crippen LogP contribution is 2.37. The molecular weight excluding hydrogens is 461 g/mol. The van der Waals surface area contributed by atoms with E-state index in [1.165, 1.54) is 12.1 Å². The van der Waals surface area contributed by atoms with Crippen molar-refractivity contribution in [1.29, 1.82) is 0 Å². The lowest BCUT2D eigenvalue weighted by Gasteiger charge is -2.37. The maximum Gasteiger partial charge on any atom is 0.150 e. The van der Waals surface area contributed by atoms with Crippen LogP contribution in [-0.2, 0) is 0 Å². The van der Waals surface area contributed by atoms with Gasteiger partial charge in [-0.2, -0.15) is 0 Å². The first-order chi connectivity index (χ1) is 17.2. The van der Waals surface area contributed by atoms with E-state index < -0.39 is 0 Å². The molecule has 0 unspecified atom stereocenters. The fraction of sp³-hybridized carbons (Fsp3) is 0.143. The van der Waals surface area contributed by atoms with E-state index in [1.807, 2.05) is 41.0 Å². The topological polar surface area (TPSA) is 37.2 Å². The van der Waals surface area contributed by atoms with Crippen molar-refractivity contribution in [2.45, 2.75) is 0 Å². The number of nitrogens with zero attached hydrogens (tertiary/aromatic N) is 5. The van der Waals surface area contributed by atoms with Gasteiger partial charge in [-0.05, 0) is 42.0 Å². The molecule has 0 saturated carbocycles. The van der Waals surface area contributed by atoms with Crippen molar-refractivity contribution >= 4 is 34.1 Å². The number of benzene rings is 3. The Kier molecular flexibility index (Phi) is 5.58. The molecule has 0 radical (unpaired) electrons. The molecule has 35 heavy (non-hydrogen) atoms.